The van der Waals surface area contributed by atoms with Crippen LogP contribution >= 0.6 is 11.3 Å². The Labute approximate surface area is 176 Å². The molecule has 3 amide bonds. The predicted molar refractivity (Wildman–Crippen MR) is 112 cm³/mol. The summed E-state index contributed by atoms with van der Waals surface area (Å²) >= 11 is 1.43. The average molecular weight is 419 g/mol. The fraction of sp³-hybridized carbons (Fsp3) is 0.714. The van der Waals surface area contributed by atoms with Crippen molar-refractivity contribution in [1.29, 1.82) is 0 Å². The third-order valence-corrected chi connectivity index (χ3v) is 7.20. The minimum absolute atomic E-state index is 0.0594. The van der Waals surface area contributed by atoms with Crippen molar-refractivity contribution in [3.63, 3.8) is 0 Å². The Morgan fingerprint density at radius 1 is 0.966 bits per heavy atom. The van der Waals surface area contributed by atoms with Crippen molar-refractivity contribution in [3.8, 4) is 0 Å². The van der Waals surface area contributed by atoms with Crippen LogP contribution in [0.4, 0.5) is 5.13 Å². The Balaban J connectivity index is 1.26. The molecule has 0 aromatic carbocycles. The van der Waals surface area contributed by atoms with E-state index >= 15 is 0 Å². The van der Waals surface area contributed by atoms with Gasteiger partial charge in [-0.3, -0.25) is 19.3 Å². The lowest BCUT2D eigenvalue weighted by molar-refractivity contribution is -0.140. The van der Waals surface area contributed by atoms with E-state index in [0.717, 1.165) is 57.4 Å². The fourth-order valence-electron chi connectivity index (χ4n) is 4.54. The van der Waals surface area contributed by atoms with Gasteiger partial charge in [0.15, 0.2) is 5.13 Å². The van der Waals surface area contributed by atoms with Crippen LogP contribution < -0.4 is 4.90 Å². The maximum Gasteiger partial charge on any atom is 0.228 e. The highest BCUT2D eigenvalue weighted by Gasteiger charge is 2.31. The number of rotatable bonds is 4. The molecule has 3 aliphatic heterocycles. The molecule has 0 N–H and O–H groups in total. The van der Waals surface area contributed by atoms with Crippen LogP contribution in [0.5, 0.6) is 0 Å². The molecule has 4 heterocycles. The van der Waals surface area contributed by atoms with Crippen LogP contribution in [0.15, 0.2) is 5.38 Å². The van der Waals surface area contributed by atoms with Gasteiger partial charge in [0.2, 0.25) is 17.7 Å². The van der Waals surface area contributed by atoms with E-state index in [1.807, 2.05) is 15.2 Å². The first-order chi connectivity index (χ1) is 14.1. The first-order valence-electron chi connectivity index (χ1n) is 10.9. The normalized spacial score (nSPS) is 21.5. The molecule has 1 aromatic rings. The number of nitrogens with zero attached hydrogens (tertiary/aromatic N) is 4. The van der Waals surface area contributed by atoms with Crippen molar-refractivity contribution in [2.75, 3.05) is 37.6 Å². The standard InChI is InChI=1S/C21H30N4O3S/c26-18-6-5-11-25(18)21-22-17(15-29-21)14-19(27)23-12-7-16(8-13-23)20(28)24-9-3-1-2-4-10-24/h15-16H,1-14H2. The van der Waals surface area contributed by atoms with Gasteiger partial charge in [-0.1, -0.05) is 12.8 Å². The van der Waals surface area contributed by atoms with Crippen LogP contribution in [0.2, 0.25) is 0 Å². The van der Waals surface area contributed by atoms with E-state index < -0.39 is 0 Å². The van der Waals surface area contributed by atoms with Gasteiger partial charge in [-0.25, -0.2) is 4.98 Å². The second-order valence-corrected chi connectivity index (χ2v) is 9.18. The molecular weight excluding hydrogens is 388 g/mol. The van der Waals surface area contributed by atoms with Crippen LogP contribution in [0, 0.1) is 5.92 Å². The van der Waals surface area contributed by atoms with Crippen LogP contribution in [-0.4, -0.2) is 65.2 Å². The Kier molecular flexibility index (Phi) is 6.47. The molecule has 0 unspecified atom stereocenters. The van der Waals surface area contributed by atoms with E-state index in [2.05, 4.69) is 4.98 Å². The van der Waals surface area contributed by atoms with Gasteiger partial charge in [0.25, 0.3) is 0 Å². The highest BCUT2D eigenvalue weighted by molar-refractivity contribution is 7.14. The molecule has 0 saturated carbocycles. The molecule has 3 saturated heterocycles. The van der Waals surface area contributed by atoms with Crippen molar-refractivity contribution in [2.24, 2.45) is 5.92 Å². The molecular formula is C21H30N4O3S. The van der Waals surface area contributed by atoms with Crippen LogP contribution in [0.3, 0.4) is 0 Å². The van der Waals surface area contributed by atoms with E-state index in [-0.39, 0.29) is 24.2 Å². The average Bonchev–Trinajstić information content (AvgIpc) is 3.27. The van der Waals surface area contributed by atoms with Gasteiger partial charge in [0.1, 0.15) is 0 Å². The summed E-state index contributed by atoms with van der Waals surface area (Å²) in [4.78, 5) is 47.5. The van der Waals surface area contributed by atoms with E-state index in [4.69, 9.17) is 0 Å². The van der Waals surface area contributed by atoms with Gasteiger partial charge in [-0.15, -0.1) is 11.3 Å². The van der Waals surface area contributed by atoms with Crippen molar-refractivity contribution in [3.05, 3.63) is 11.1 Å². The van der Waals surface area contributed by atoms with E-state index in [9.17, 15) is 14.4 Å². The van der Waals surface area contributed by atoms with Crippen molar-refractivity contribution in [2.45, 2.75) is 57.8 Å². The maximum absolute atomic E-state index is 12.8. The third kappa shape index (κ3) is 4.79. The highest BCUT2D eigenvalue weighted by atomic mass is 32.1. The quantitative estimate of drug-likeness (QED) is 0.753. The van der Waals surface area contributed by atoms with Gasteiger partial charge >= 0.3 is 0 Å². The lowest BCUT2D eigenvalue weighted by atomic mass is 9.95. The van der Waals surface area contributed by atoms with Gasteiger partial charge in [0.05, 0.1) is 12.1 Å². The molecule has 0 radical (unpaired) electrons. The number of carbonyl (C=O) groups is 3. The topological polar surface area (TPSA) is 73.8 Å². The number of amides is 3. The minimum atomic E-state index is 0.0594. The summed E-state index contributed by atoms with van der Waals surface area (Å²) in [6.45, 7) is 3.79. The fourth-order valence-corrected chi connectivity index (χ4v) is 5.41. The lowest BCUT2D eigenvalue weighted by Gasteiger charge is -2.34. The molecule has 1 aromatic heterocycles. The van der Waals surface area contributed by atoms with Crippen LogP contribution in [-0.2, 0) is 20.8 Å². The smallest absolute Gasteiger partial charge is 0.228 e. The number of anilines is 1. The second kappa shape index (κ2) is 9.24. The summed E-state index contributed by atoms with van der Waals surface area (Å²) in [5, 5.41) is 2.59. The number of likely N-dealkylation sites (tertiary alicyclic amines) is 2. The number of carbonyl (C=O) groups excluding carboxylic acids is 3. The summed E-state index contributed by atoms with van der Waals surface area (Å²) in [5.41, 5.74) is 0.734. The number of aromatic nitrogens is 1. The van der Waals surface area contributed by atoms with Gasteiger partial charge in [-0.2, -0.15) is 0 Å². The maximum atomic E-state index is 12.8. The van der Waals surface area contributed by atoms with Crippen molar-refractivity contribution < 1.29 is 14.4 Å². The van der Waals surface area contributed by atoms with Crippen molar-refractivity contribution >= 4 is 34.2 Å². The molecule has 29 heavy (non-hydrogen) atoms. The molecule has 0 bridgehead atoms. The monoisotopic (exact) mass is 418 g/mol. The molecule has 0 spiro atoms. The second-order valence-electron chi connectivity index (χ2n) is 8.34. The Bertz CT molecular complexity index is 749. The number of thiazole rings is 1. The van der Waals surface area contributed by atoms with E-state index in [0.29, 0.717) is 30.5 Å². The molecule has 8 heteroatoms. The molecule has 158 valence electrons. The summed E-state index contributed by atoms with van der Waals surface area (Å²) in [6, 6.07) is 0. The summed E-state index contributed by atoms with van der Waals surface area (Å²) in [7, 11) is 0. The molecule has 0 atom stereocenters. The Morgan fingerprint density at radius 2 is 1.69 bits per heavy atom. The first-order valence-corrected chi connectivity index (χ1v) is 11.8. The zero-order valence-corrected chi connectivity index (χ0v) is 17.8. The zero-order valence-electron chi connectivity index (χ0n) is 17.0. The molecule has 4 rings (SSSR count). The van der Waals surface area contributed by atoms with E-state index in [1.165, 1.54) is 24.2 Å². The molecule has 7 nitrogen and oxygen atoms in total. The summed E-state index contributed by atoms with van der Waals surface area (Å²) < 4.78 is 0. The zero-order chi connectivity index (χ0) is 20.2. The van der Waals surface area contributed by atoms with Crippen LogP contribution in [0.25, 0.3) is 0 Å². The Morgan fingerprint density at radius 3 is 2.34 bits per heavy atom. The number of hydrogen-bond acceptors (Lipinski definition) is 5. The summed E-state index contributed by atoms with van der Waals surface area (Å²) in [5.74, 6) is 0.534. The molecule has 3 fully saturated rings. The minimum Gasteiger partial charge on any atom is -0.342 e. The highest BCUT2D eigenvalue weighted by Crippen LogP contribution is 2.26. The van der Waals surface area contributed by atoms with Crippen molar-refractivity contribution in [1.82, 2.24) is 14.8 Å². The molecule has 3 aliphatic rings. The van der Waals surface area contributed by atoms with Gasteiger partial charge < -0.3 is 9.80 Å². The predicted octanol–water partition coefficient (Wildman–Crippen LogP) is 2.45. The first kappa shape index (κ1) is 20.3. The molecule has 0 aliphatic carbocycles. The van der Waals surface area contributed by atoms with Gasteiger partial charge in [0, 0.05) is 50.4 Å². The lowest BCUT2D eigenvalue weighted by Crippen LogP contribution is -2.45. The van der Waals surface area contributed by atoms with E-state index in [1.54, 1.807) is 4.90 Å². The summed E-state index contributed by atoms with van der Waals surface area (Å²) in [6.07, 6.45) is 7.91. The van der Waals surface area contributed by atoms with Crippen LogP contribution in [0.1, 0.15) is 57.1 Å². The number of hydrogen-bond donors (Lipinski definition) is 0. The van der Waals surface area contributed by atoms with Gasteiger partial charge in [-0.05, 0) is 32.1 Å². The Hall–Kier alpha value is -1.96. The third-order valence-electron chi connectivity index (χ3n) is 6.29. The number of piperidine rings is 1. The largest absolute Gasteiger partial charge is 0.342 e. The SMILES string of the molecule is O=C(Cc1csc(N2CCCC2=O)n1)N1CCC(C(=O)N2CCCCCC2)CC1.